The van der Waals surface area contributed by atoms with Gasteiger partial charge in [0.25, 0.3) is 17.7 Å². The average Bonchev–Trinajstić information content (AvgIpc) is 3.15. The van der Waals surface area contributed by atoms with Gasteiger partial charge in [-0.15, -0.1) is 0 Å². The first-order valence-electron chi connectivity index (χ1n) is 9.65. The Hall–Kier alpha value is -3.77. The van der Waals surface area contributed by atoms with E-state index < -0.39 is 6.23 Å². The molecule has 2 aliphatic heterocycles. The zero-order chi connectivity index (χ0) is 20.8. The maximum absolute atomic E-state index is 12.7. The molecular formula is C24H18N2O4. The van der Waals surface area contributed by atoms with Crippen LogP contribution >= 0.6 is 0 Å². The highest BCUT2D eigenvalue weighted by atomic mass is 16.3. The van der Waals surface area contributed by atoms with E-state index in [0.717, 1.165) is 11.1 Å². The van der Waals surface area contributed by atoms with Gasteiger partial charge in [0, 0.05) is 17.7 Å². The van der Waals surface area contributed by atoms with Crippen LogP contribution in [0.4, 0.5) is 0 Å². The molecule has 0 saturated heterocycles. The van der Waals surface area contributed by atoms with Gasteiger partial charge < -0.3 is 10.0 Å². The third kappa shape index (κ3) is 2.81. The van der Waals surface area contributed by atoms with Crippen molar-refractivity contribution in [2.75, 3.05) is 0 Å². The second-order valence-electron chi connectivity index (χ2n) is 7.46. The zero-order valence-electron chi connectivity index (χ0n) is 16.0. The van der Waals surface area contributed by atoms with Gasteiger partial charge >= 0.3 is 0 Å². The molecule has 2 heterocycles. The first-order valence-corrected chi connectivity index (χ1v) is 9.65. The summed E-state index contributed by atoms with van der Waals surface area (Å²) in [7, 11) is 0. The van der Waals surface area contributed by atoms with Crippen LogP contribution in [0.3, 0.4) is 0 Å². The second kappa shape index (κ2) is 6.93. The Kier molecular flexibility index (Phi) is 4.22. The van der Waals surface area contributed by atoms with Crippen LogP contribution in [0, 0.1) is 0 Å². The molecule has 5 rings (SSSR count). The molecule has 1 unspecified atom stereocenters. The number of hydrogen-bond acceptors (Lipinski definition) is 4. The number of imide groups is 1. The fourth-order valence-electron chi connectivity index (χ4n) is 4.10. The topological polar surface area (TPSA) is 77.9 Å². The SMILES string of the molecule is O=C1c2ccccc2C(=O)N1Cc1cccc(CN2C(=O)c3ccccc3C2O)c1. The summed E-state index contributed by atoms with van der Waals surface area (Å²) >= 11 is 0. The first-order chi connectivity index (χ1) is 14.5. The summed E-state index contributed by atoms with van der Waals surface area (Å²) < 4.78 is 0. The summed E-state index contributed by atoms with van der Waals surface area (Å²) in [4.78, 5) is 40.5. The van der Waals surface area contributed by atoms with Gasteiger partial charge in [-0.05, 0) is 29.3 Å². The second-order valence-corrected chi connectivity index (χ2v) is 7.46. The van der Waals surface area contributed by atoms with Gasteiger partial charge in [-0.25, -0.2) is 0 Å². The number of hydrogen-bond donors (Lipinski definition) is 1. The van der Waals surface area contributed by atoms with Crippen molar-refractivity contribution in [3.05, 3.63) is 106 Å². The number of carbonyl (C=O) groups is 3. The Labute approximate surface area is 173 Å². The number of aliphatic hydroxyl groups is 1. The fraction of sp³-hybridized carbons (Fsp3) is 0.125. The van der Waals surface area contributed by atoms with Gasteiger partial charge in [0.15, 0.2) is 6.23 Å². The van der Waals surface area contributed by atoms with E-state index in [1.807, 2.05) is 24.3 Å². The molecule has 3 aromatic rings. The summed E-state index contributed by atoms with van der Waals surface area (Å²) in [5, 5.41) is 10.5. The monoisotopic (exact) mass is 398 g/mol. The van der Waals surface area contributed by atoms with E-state index in [2.05, 4.69) is 0 Å². The molecular weight excluding hydrogens is 380 g/mol. The summed E-state index contributed by atoms with van der Waals surface area (Å²) in [5.41, 5.74) is 3.53. The maximum Gasteiger partial charge on any atom is 0.261 e. The van der Waals surface area contributed by atoms with Gasteiger partial charge in [-0.1, -0.05) is 54.6 Å². The summed E-state index contributed by atoms with van der Waals surface area (Å²) in [6.45, 7) is 0.377. The molecule has 0 aromatic heterocycles. The number of fused-ring (bicyclic) bond motifs is 2. The van der Waals surface area contributed by atoms with Crippen LogP contribution in [-0.4, -0.2) is 32.6 Å². The lowest BCUT2D eigenvalue weighted by Crippen LogP contribution is -2.29. The van der Waals surface area contributed by atoms with Gasteiger partial charge in [0.2, 0.25) is 0 Å². The first kappa shape index (κ1) is 18.3. The van der Waals surface area contributed by atoms with E-state index in [-0.39, 0.29) is 30.8 Å². The number of carbonyl (C=O) groups excluding carboxylic acids is 3. The van der Waals surface area contributed by atoms with Crippen molar-refractivity contribution in [1.29, 1.82) is 0 Å². The zero-order valence-corrected chi connectivity index (χ0v) is 16.0. The molecule has 30 heavy (non-hydrogen) atoms. The van der Waals surface area contributed by atoms with Crippen molar-refractivity contribution >= 4 is 17.7 Å². The Morgan fingerprint density at radius 1 is 0.667 bits per heavy atom. The predicted molar refractivity (Wildman–Crippen MR) is 108 cm³/mol. The summed E-state index contributed by atoms with van der Waals surface area (Å²) in [5.74, 6) is -0.827. The van der Waals surface area contributed by atoms with Crippen LogP contribution in [0.1, 0.15) is 54.0 Å². The molecule has 3 aromatic carbocycles. The highest BCUT2D eigenvalue weighted by molar-refractivity contribution is 6.21. The lowest BCUT2D eigenvalue weighted by molar-refractivity contribution is 0.0137. The third-order valence-electron chi connectivity index (χ3n) is 5.59. The van der Waals surface area contributed by atoms with Crippen molar-refractivity contribution in [3.63, 3.8) is 0 Å². The molecule has 6 nitrogen and oxygen atoms in total. The lowest BCUT2D eigenvalue weighted by Gasteiger charge is -2.21. The van der Waals surface area contributed by atoms with Crippen LogP contribution in [-0.2, 0) is 13.1 Å². The number of aliphatic hydroxyl groups excluding tert-OH is 1. The molecule has 0 aliphatic carbocycles. The molecule has 148 valence electrons. The number of benzene rings is 3. The Morgan fingerprint density at radius 3 is 1.87 bits per heavy atom. The van der Waals surface area contributed by atoms with E-state index in [0.29, 0.717) is 22.3 Å². The van der Waals surface area contributed by atoms with Crippen LogP contribution < -0.4 is 0 Å². The molecule has 0 spiro atoms. The van der Waals surface area contributed by atoms with Crippen LogP contribution in [0.25, 0.3) is 0 Å². The minimum atomic E-state index is -0.992. The molecule has 6 heteroatoms. The number of rotatable bonds is 4. The number of amides is 3. The van der Waals surface area contributed by atoms with Crippen LogP contribution in [0.15, 0.2) is 72.8 Å². The highest BCUT2D eigenvalue weighted by Gasteiger charge is 2.36. The van der Waals surface area contributed by atoms with Crippen LogP contribution in [0.5, 0.6) is 0 Å². The Morgan fingerprint density at radius 2 is 1.23 bits per heavy atom. The minimum absolute atomic E-state index is 0.150. The van der Waals surface area contributed by atoms with E-state index in [9.17, 15) is 19.5 Å². The van der Waals surface area contributed by atoms with Gasteiger partial charge in [-0.3, -0.25) is 19.3 Å². The average molecular weight is 398 g/mol. The fourth-order valence-corrected chi connectivity index (χ4v) is 4.10. The number of nitrogens with zero attached hydrogens (tertiary/aromatic N) is 2. The van der Waals surface area contributed by atoms with Crippen molar-refractivity contribution in [1.82, 2.24) is 9.80 Å². The Bertz CT molecular complexity index is 1170. The molecule has 3 amide bonds. The van der Waals surface area contributed by atoms with Crippen molar-refractivity contribution < 1.29 is 19.5 Å². The van der Waals surface area contributed by atoms with Gasteiger partial charge in [0.1, 0.15) is 0 Å². The van der Waals surface area contributed by atoms with Gasteiger partial charge in [-0.2, -0.15) is 0 Å². The quantitative estimate of drug-likeness (QED) is 0.685. The van der Waals surface area contributed by atoms with E-state index in [1.54, 1.807) is 48.5 Å². The molecule has 0 bridgehead atoms. The van der Waals surface area contributed by atoms with Gasteiger partial charge in [0.05, 0.1) is 17.7 Å². The lowest BCUT2D eigenvalue weighted by atomic mass is 10.1. The highest BCUT2D eigenvalue weighted by Crippen LogP contribution is 2.33. The predicted octanol–water partition coefficient (Wildman–Crippen LogP) is 3.13. The third-order valence-corrected chi connectivity index (χ3v) is 5.59. The molecule has 0 fully saturated rings. The minimum Gasteiger partial charge on any atom is -0.369 e. The van der Waals surface area contributed by atoms with E-state index in [1.165, 1.54) is 9.80 Å². The molecule has 1 N–H and O–H groups in total. The van der Waals surface area contributed by atoms with E-state index in [4.69, 9.17) is 0 Å². The Balaban J connectivity index is 1.36. The molecule has 2 aliphatic rings. The van der Waals surface area contributed by atoms with Crippen molar-refractivity contribution in [2.24, 2.45) is 0 Å². The normalized spacial score (nSPS) is 17.5. The molecule has 1 atom stereocenters. The molecule has 0 saturated carbocycles. The largest absolute Gasteiger partial charge is 0.369 e. The van der Waals surface area contributed by atoms with Crippen molar-refractivity contribution in [2.45, 2.75) is 19.3 Å². The smallest absolute Gasteiger partial charge is 0.261 e. The van der Waals surface area contributed by atoms with Crippen molar-refractivity contribution in [3.8, 4) is 0 Å². The molecule has 0 radical (unpaired) electrons. The standard InChI is InChI=1S/C24H18N2O4/c27-21-17-8-1-2-9-18(17)22(28)25(21)13-15-6-5-7-16(12-15)14-26-23(29)19-10-3-4-11-20(19)24(26)30/h1-12,21,27H,13-14H2. The summed E-state index contributed by atoms with van der Waals surface area (Å²) in [6.07, 6.45) is -0.992. The van der Waals surface area contributed by atoms with E-state index >= 15 is 0 Å². The summed E-state index contributed by atoms with van der Waals surface area (Å²) in [6, 6.07) is 21.2. The maximum atomic E-state index is 12.7. The van der Waals surface area contributed by atoms with Crippen LogP contribution in [0.2, 0.25) is 0 Å².